The van der Waals surface area contributed by atoms with Crippen LogP contribution in [0.1, 0.15) is 16.8 Å². The summed E-state index contributed by atoms with van der Waals surface area (Å²) in [5.41, 5.74) is 2.56. The zero-order valence-electron chi connectivity index (χ0n) is 17.7. The van der Waals surface area contributed by atoms with Crippen LogP contribution in [0.25, 0.3) is 16.7 Å². The molecule has 0 bridgehead atoms. The Morgan fingerprint density at radius 2 is 1.75 bits per heavy atom. The largest absolute Gasteiger partial charge is 0.328 e. The van der Waals surface area contributed by atoms with Crippen LogP contribution in [-0.4, -0.2) is 30.1 Å². The number of fused-ring (bicyclic) bond motifs is 1. The SMILES string of the molecule is Cc1cc(-n2[nH]c(C)c(C=Nc3cc4c(cc3[N+](=O)[O-])n(C)c(=O)n4C)c2=O)ccc1Br. The Balaban J connectivity index is 1.84. The summed E-state index contributed by atoms with van der Waals surface area (Å²) in [6, 6.07) is 8.30. The van der Waals surface area contributed by atoms with Gasteiger partial charge in [-0.2, -0.15) is 0 Å². The van der Waals surface area contributed by atoms with Crippen molar-refractivity contribution in [2.24, 2.45) is 19.1 Å². The van der Waals surface area contributed by atoms with Crippen LogP contribution in [0.3, 0.4) is 0 Å². The van der Waals surface area contributed by atoms with Crippen LogP contribution in [0, 0.1) is 24.0 Å². The average molecular weight is 499 g/mol. The number of aryl methyl sites for hydroxylation is 4. The third kappa shape index (κ3) is 3.40. The van der Waals surface area contributed by atoms with Gasteiger partial charge in [-0.25, -0.2) is 14.5 Å². The van der Waals surface area contributed by atoms with Crippen LogP contribution < -0.4 is 11.2 Å². The van der Waals surface area contributed by atoms with E-state index in [4.69, 9.17) is 0 Å². The molecule has 2 aromatic carbocycles. The van der Waals surface area contributed by atoms with Crippen LogP contribution in [0.4, 0.5) is 11.4 Å². The van der Waals surface area contributed by atoms with E-state index in [1.165, 1.54) is 32.2 Å². The van der Waals surface area contributed by atoms with Crippen molar-refractivity contribution in [2.75, 3.05) is 0 Å². The fourth-order valence-electron chi connectivity index (χ4n) is 3.57. The van der Waals surface area contributed by atoms with Crippen LogP contribution in [0.15, 0.2) is 49.4 Å². The number of aromatic amines is 1. The number of aliphatic imine (C=N–C) groups is 1. The molecule has 0 fully saturated rings. The Labute approximate surface area is 189 Å². The van der Waals surface area contributed by atoms with E-state index >= 15 is 0 Å². The fraction of sp³-hybridized carbons (Fsp3) is 0.190. The summed E-state index contributed by atoms with van der Waals surface area (Å²) in [5, 5.41) is 14.6. The van der Waals surface area contributed by atoms with Crippen molar-refractivity contribution in [3.63, 3.8) is 0 Å². The van der Waals surface area contributed by atoms with Crippen molar-refractivity contribution in [3.05, 3.63) is 82.6 Å². The number of hydrogen-bond acceptors (Lipinski definition) is 5. The van der Waals surface area contributed by atoms with Gasteiger partial charge in [0.05, 0.1) is 27.2 Å². The lowest BCUT2D eigenvalue weighted by Crippen LogP contribution is -2.19. The summed E-state index contributed by atoms with van der Waals surface area (Å²) in [5.74, 6) is 0. The van der Waals surface area contributed by atoms with E-state index in [0.29, 0.717) is 22.4 Å². The Morgan fingerprint density at radius 1 is 1.09 bits per heavy atom. The lowest BCUT2D eigenvalue weighted by Gasteiger charge is -2.04. The highest BCUT2D eigenvalue weighted by Crippen LogP contribution is 2.32. The molecule has 0 saturated carbocycles. The quantitative estimate of drug-likeness (QED) is 0.263. The normalized spacial score (nSPS) is 11.7. The maximum Gasteiger partial charge on any atom is 0.328 e. The standard InChI is InChI=1S/C21H19BrN6O4/c1-11-7-13(5-6-15(11)22)27-20(29)14(12(2)24-27)10-23-16-8-18-19(9-17(16)28(31)32)26(4)21(30)25(18)3/h5-10,24H,1-4H3. The molecule has 32 heavy (non-hydrogen) atoms. The van der Waals surface area contributed by atoms with Crippen molar-refractivity contribution in [2.45, 2.75) is 13.8 Å². The molecule has 4 aromatic rings. The Kier molecular flexibility index (Phi) is 5.21. The molecule has 0 aliphatic heterocycles. The van der Waals surface area contributed by atoms with Crippen molar-refractivity contribution in [3.8, 4) is 5.69 Å². The molecule has 4 rings (SSSR count). The van der Waals surface area contributed by atoms with Gasteiger partial charge in [-0.1, -0.05) is 15.9 Å². The minimum atomic E-state index is -0.559. The number of imidazole rings is 1. The number of H-pyrrole nitrogens is 1. The van der Waals surface area contributed by atoms with Gasteiger partial charge >= 0.3 is 5.69 Å². The number of nitro groups is 1. The lowest BCUT2D eigenvalue weighted by molar-refractivity contribution is -0.383. The number of rotatable bonds is 4. The van der Waals surface area contributed by atoms with E-state index in [-0.39, 0.29) is 28.2 Å². The number of nitrogens with zero attached hydrogens (tertiary/aromatic N) is 5. The molecule has 11 heteroatoms. The monoisotopic (exact) mass is 498 g/mol. The second-order valence-corrected chi connectivity index (χ2v) is 8.32. The zero-order chi connectivity index (χ0) is 23.3. The molecular formula is C21H19BrN6O4. The van der Waals surface area contributed by atoms with Gasteiger partial charge in [0.1, 0.15) is 5.69 Å². The molecule has 164 valence electrons. The molecule has 1 N–H and O–H groups in total. The average Bonchev–Trinajstić information content (AvgIpc) is 3.15. The predicted molar refractivity (Wildman–Crippen MR) is 126 cm³/mol. The molecule has 0 spiro atoms. The van der Waals surface area contributed by atoms with Gasteiger partial charge in [-0.3, -0.25) is 29.1 Å². The maximum atomic E-state index is 13.0. The molecule has 2 aromatic heterocycles. The number of benzene rings is 2. The molecule has 0 radical (unpaired) electrons. The number of nitrogens with one attached hydrogen (secondary N) is 1. The van der Waals surface area contributed by atoms with E-state index in [9.17, 15) is 19.7 Å². The highest BCUT2D eigenvalue weighted by molar-refractivity contribution is 9.10. The summed E-state index contributed by atoms with van der Waals surface area (Å²) >= 11 is 3.44. The van der Waals surface area contributed by atoms with E-state index in [2.05, 4.69) is 26.0 Å². The Bertz CT molecular complexity index is 1550. The number of nitro benzene ring substituents is 1. The Morgan fingerprint density at radius 3 is 2.38 bits per heavy atom. The van der Waals surface area contributed by atoms with Crippen LogP contribution >= 0.6 is 15.9 Å². The number of aromatic nitrogens is 4. The molecular weight excluding hydrogens is 480 g/mol. The zero-order valence-corrected chi connectivity index (χ0v) is 19.3. The van der Waals surface area contributed by atoms with Gasteiger partial charge in [0, 0.05) is 36.5 Å². The summed E-state index contributed by atoms with van der Waals surface area (Å²) in [4.78, 5) is 40.5. The molecule has 2 heterocycles. The first-order valence-corrected chi connectivity index (χ1v) is 10.4. The topological polar surface area (TPSA) is 120 Å². The van der Waals surface area contributed by atoms with Crippen molar-refractivity contribution in [1.82, 2.24) is 18.9 Å². The highest BCUT2D eigenvalue weighted by atomic mass is 79.9. The molecule has 0 aliphatic carbocycles. The number of halogens is 1. The second kappa shape index (κ2) is 7.75. The molecule has 0 amide bonds. The van der Waals surface area contributed by atoms with Gasteiger partial charge in [-0.05, 0) is 43.7 Å². The lowest BCUT2D eigenvalue weighted by atomic mass is 10.2. The molecule has 0 saturated heterocycles. The van der Waals surface area contributed by atoms with Gasteiger partial charge in [0.2, 0.25) is 0 Å². The molecule has 0 atom stereocenters. The summed E-state index contributed by atoms with van der Waals surface area (Å²) in [7, 11) is 3.13. The van der Waals surface area contributed by atoms with Gasteiger partial charge < -0.3 is 0 Å². The van der Waals surface area contributed by atoms with Gasteiger partial charge in [0.15, 0.2) is 0 Å². The minimum Gasteiger partial charge on any atom is -0.295 e. The van der Waals surface area contributed by atoms with Gasteiger partial charge in [0.25, 0.3) is 11.2 Å². The van der Waals surface area contributed by atoms with Crippen LogP contribution in [-0.2, 0) is 14.1 Å². The van der Waals surface area contributed by atoms with Crippen LogP contribution in [0.2, 0.25) is 0 Å². The summed E-state index contributed by atoms with van der Waals surface area (Å²) < 4.78 is 5.06. The van der Waals surface area contributed by atoms with E-state index < -0.39 is 4.92 Å². The smallest absolute Gasteiger partial charge is 0.295 e. The number of hydrogen-bond donors (Lipinski definition) is 1. The summed E-state index contributed by atoms with van der Waals surface area (Å²) in [6.45, 7) is 3.65. The van der Waals surface area contributed by atoms with E-state index in [1.54, 1.807) is 27.1 Å². The van der Waals surface area contributed by atoms with E-state index in [1.807, 2.05) is 19.1 Å². The molecule has 10 nitrogen and oxygen atoms in total. The molecule has 0 unspecified atom stereocenters. The molecule has 0 aliphatic rings. The third-order valence-corrected chi connectivity index (χ3v) is 6.30. The predicted octanol–water partition coefficient (Wildman–Crippen LogP) is 3.39. The van der Waals surface area contributed by atoms with Crippen molar-refractivity contribution in [1.29, 1.82) is 0 Å². The second-order valence-electron chi connectivity index (χ2n) is 7.47. The summed E-state index contributed by atoms with van der Waals surface area (Å²) in [6.07, 6.45) is 1.31. The maximum absolute atomic E-state index is 13.0. The van der Waals surface area contributed by atoms with Crippen molar-refractivity contribution >= 4 is 44.6 Å². The first-order chi connectivity index (χ1) is 15.1. The van der Waals surface area contributed by atoms with Gasteiger partial charge in [-0.15, -0.1) is 0 Å². The third-order valence-electron chi connectivity index (χ3n) is 5.41. The Hall–Kier alpha value is -3.73. The fourth-order valence-corrected chi connectivity index (χ4v) is 3.81. The first-order valence-electron chi connectivity index (χ1n) is 9.56. The minimum absolute atomic E-state index is 0.0507. The van der Waals surface area contributed by atoms with Crippen LogP contribution in [0.5, 0.6) is 0 Å². The first kappa shape index (κ1) is 21.5. The highest BCUT2D eigenvalue weighted by Gasteiger charge is 2.19. The van der Waals surface area contributed by atoms with Crippen molar-refractivity contribution < 1.29 is 4.92 Å². The van der Waals surface area contributed by atoms with E-state index in [0.717, 1.165) is 10.0 Å².